The molecule has 1 unspecified atom stereocenters. The van der Waals surface area contributed by atoms with Crippen LogP contribution in [0, 0.1) is 0 Å². The SMILES string of the molecule is CCOc1nc(N)nc(N2CCN3C(=O)CCC3C2)n1. The van der Waals surface area contributed by atoms with Gasteiger partial charge in [-0.15, -0.1) is 0 Å². The van der Waals surface area contributed by atoms with Gasteiger partial charge in [0.1, 0.15) is 0 Å². The Kier molecular flexibility index (Phi) is 3.29. The van der Waals surface area contributed by atoms with E-state index in [2.05, 4.69) is 15.0 Å². The highest BCUT2D eigenvalue weighted by Crippen LogP contribution is 2.25. The number of nitrogen functional groups attached to an aromatic ring is 1. The van der Waals surface area contributed by atoms with E-state index < -0.39 is 0 Å². The molecular formula is C12H18N6O2. The number of hydrogen-bond acceptors (Lipinski definition) is 7. The maximum Gasteiger partial charge on any atom is 0.323 e. The molecule has 20 heavy (non-hydrogen) atoms. The molecule has 1 atom stereocenters. The van der Waals surface area contributed by atoms with Crippen molar-refractivity contribution < 1.29 is 9.53 Å². The molecule has 0 aromatic carbocycles. The van der Waals surface area contributed by atoms with Crippen LogP contribution in [0.4, 0.5) is 11.9 Å². The van der Waals surface area contributed by atoms with Gasteiger partial charge in [0.25, 0.3) is 0 Å². The van der Waals surface area contributed by atoms with Gasteiger partial charge in [-0.05, 0) is 13.3 Å². The summed E-state index contributed by atoms with van der Waals surface area (Å²) in [6, 6.07) is 0.504. The molecule has 108 valence electrons. The largest absolute Gasteiger partial charge is 0.464 e. The fourth-order valence-electron chi connectivity index (χ4n) is 2.74. The van der Waals surface area contributed by atoms with E-state index in [-0.39, 0.29) is 23.9 Å². The lowest BCUT2D eigenvalue weighted by Crippen LogP contribution is -2.52. The van der Waals surface area contributed by atoms with E-state index in [1.54, 1.807) is 0 Å². The van der Waals surface area contributed by atoms with E-state index in [1.165, 1.54) is 0 Å². The zero-order valence-corrected chi connectivity index (χ0v) is 11.4. The van der Waals surface area contributed by atoms with E-state index in [0.717, 1.165) is 13.0 Å². The summed E-state index contributed by atoms with van der Waals surface area (Å²) in [7, 11) is 0. The number of amides is 1. The Bertz CT molecular complexity index is 523. The molecule has 2 saturated heterocycles. The summed E-state index contributed by atoms with van der Waals surface area (Å²) in [6.07, 6.45) is 1.54. The second-order valence-corrected chi connectivity index (χ2v) is 4.93. The quantitative estimate of drug-likeness (QED) is 0.808. The third kappa shape index (κ3) is 2.33. The van der Waals surface area contributed by atoms with Crippen LogP contribution in [0.5, 0.6) is 6.01 Å². The van der Waals surface area contributed by atoms with Crippen molar-refractivity contribution in [3.63, 3.8) is 0 Å². The number of anilines is 2. The van der Waals surface area contributed by atoms with Crippen molar-refractivity contribution in [2.75, 3.05) is 36.9 Å². The Balaban J connectivity index is 1.78. The van der Waals surface area contributed by atoms with Crippen molar-refractivity contribution in [2.24, 2.45) is 0 Å². The minimum atomic E-state index is 0.156. The molecule has 0 saturated carbocycles. The number of nitrogens with zero attached hydrogens (tertiary/aromatic N) is 5. The number of piperazine rings is 1. The van der Waals surface area contributed by atoms with E-state index >= 15 is 0 Å². The molecule has 8 nitrogen and oxygen atoms in total. The molecule has 0 radical (unpaired) electrons. The van der Waals surface area contributed by atoms with Crippen molar-refractivity contribution in [1.29, 1.82) is 0 Å². The van der Waals surface area contributed by atoms with Crippen molar-refractivity contribution >= 4 is 17.8 Å². The van der Waals surface area contributed by atoms with E-state index in [9.17, 15) is 4.79 Å². The molecule has 0 spiro atoms. The van der Waals surface area contributed by atoms with Gasteiger partial charge in [-0.3, -0.25) is 4.79 Å². The van der Waals surface area contributed by atoms with Gasteiger partial charge in [0.15, 0.2) is 0 Å². The van der Waals surface area contributed by atoms with Gasteiger partial charge in [0.05, 0.1) is 6.61 Å². The molecule has 2 fully saturated rings. The lowest BCUT2D eigenvalue weighted by Gasteiger charge is -2.37. The number of carbonyl (C=O) groups excluding carboxylic acids is 1. The van der Waals surface area contributed by atoms with E-state index in [4.69, 9.17) is 10.5 Å². The van der Waals surface area contributed by atoms with Crippen molar-refractivity contribution in [2.45, 2.75) is 25.8 Å². The third-order valence-corrected chi connectivity index (χ3v) is 3.67. The monoisotopic (exact) mass is 278 g/mol. The zero-order valence-electron chi connectivity index (χ0n) is 11.4. The molecule has 8 heteroatoms. The van der Waals surface area contributed by atoms with Crippen LogP contribution in [0.15, 0.2) is 0 Å². The number of carbonyl (C=O) groups is 1. The highest BCUT2D eigenvalue weighted by molar-refractivity contribution is 5.79. The summed E-state index contributed by atoms with van der Waals surface area (Å²) in [5.74, 6) is 0.933. The second kappa shape index (κ2) is 5.10. The average Bonchev–Trinajstić information content (AvgIpc) is 2.80. The van der Waals surface area contributed by atoms with Gasteiger partial charge in [-0.1, -0.05) is 0 Å². The molecular weight excluding hydrogens is 260 g/mol. The topological polar surface area (TPSA) is 97.5 Å². The normalized spacial score (nSPS) is 22.1. The molecule has 3 rings (SSSR count). The summed E-state index contributed by atoms with van der Waals surface area (Å²) < 4.78 is 5.29. The standard InChI is InChI=1S/C12H18N6O2/c1-2-20-12-15-10(13)14-11(16-12)17-5-6-18-8(7-17)3-4-9(18)19/h8H,2-7H2,1H3,(H2,13,14,15,16). The molecule has 0 bridgehead atoms. The molecule has 2 aliphatic heterocycles. The predicted molar refractivity (Wildman–Crippen MR) is 72.4 cm³/mol. The van der Waals surface area contributed by atoms with Crippen LogP contribution < -0.4 is 15.4 Å². The van der Waals surface area contributed by atoms with E-state index in [0.29, 0.717) is 32.1 Å². The highest BCUT2D eigenvalue weighted by atomic mass is 16.5. The first-order valence-corrected chi connectivity index (χ1v) is 6.86. The number of aromatic nitrogens is 3. The first kappa shape index (κ1) is 12.9. The molecule has 1 aromatic rings. The molecule has 2 aliphatic rings. The molecule has 2 N–H and O–H groups in total. The predicted octanol–water partition coefficient (Wildman–Crippen LogP) is -0.336. The maximum atomic E-state index is 11.7. The average molecular weight is 278 g/mol. The van der Waals surface area contributed by atoms with Crippen LogP contribution >= 0.6 is 0 Å². The van der Waals surface area contributed by atoms with Gasteiger partial charge in [-0.2, -0.15) is 15.0 Å². The highest BCUT2D eigenvalue weighted by Gasteiger charge is 2.36. The minimum absolute atomic E-state index is 0.156. The number of hydrogen-bond donors (Lipinski definition) is 1. The molecule has 3 heterocycles. The van der Waals surface area contributed by atoms with Crippen LogP contribution in [-0.4, -0.2) is 58.0 Å². The number of nitrogens with two attached hydrogens (primary N) is 1. The minimum Gasteiger partial charge on any atom is -0.464 e. The Morgan fingerprint density at radius 1 is 1.35 bits per heavy atom. The Morgan fingerprint density at radius 2 is 2.20 bits per heavy atom. The maximum absolute atomic E-state index is 11.7. The van der Waals surface area contributed by atoms with Crippen molar-refractivity contribution in [3.8, 4) is 6.01 Å². The summed E-state index contributed by atoms with van der Waals surface area (Å²) in [6.45, 7) is 4.49. The first-order valence-electron chi connectivity index (χ1n) is 6.86. The fourth-order valence-corrected chi connectivity index (χ4v) is 2.74. The Hall–Kier alpha value is -2.12. The Morgan fingerprint density at radius 3 is 3.00 bits per heavy atom. The lowest BCUT2D eigenvalue weighted by molar-refractivity contribution is -0.129. The summed E-state index contributed by atoms with van der Waals surface area (Å²) in [5, 5.41) is 0. The second-order valence-electron chi connectivity index (χ2n) is 4.93. The van der Waals surface area contributed by atoms with Crippen molar-refractivity contribution in [1.82, 2.24) is 19.9 Å². The van der Waals surface area contributed by atoms with Gasteiger partial charge >= 0.3 is 6.01 Å². The fraction of sp³-hybridized carbons (Fsp3) is 0.667. The summed E-state index contributed by atoms with van der Waals surface area (Å²) in [4.78, 5) is 28.1. The lowest BCUT2D eigenvalue weighted by atomic mass is 10.2. The molecule has 0 aliphatic carbocycles. The molecule has 1 amide bonds. The number of fused-ring (bicyclic) bond motifs is 1. The Labute approximate surface area is 116 Å². The molecule has 1 aromatic heterocycles. The van der Waals surface area contributed by atoms with Gasteiger partial charge in [-0.25, -0.2) is 0 Å². The number of rotatable bonds is 3. The van der Waals surface area contributed by atoms with Gasteiger partial charge in [0, 0.05) is 32.1 Å². The van der Waals surface area contributed by atoms with Gasteiger partial charge < -0.3 is 20.3 Å². The van der Waals surface area contributed by atoms with Crippen LogP contribution in [0.1, 0.15) is 19.8 Å². The van der Waals surface area contributed by atoms with Crippen LogP contribution in [0.3, 0.4) is 0 Å². The van der Waals surface area contributed by atoms with Crippen LogP contribution in [0.25, 0.3) is 0 Å². The third-order valence-electron chi connectivity index (χ3n) is 3.67. The van der Waals surface area contributed by atoms with Crippen LogP contribution in [-0.2, 0) is 4.79 Å². The van der Waals surface area contributed by atoms with Crippen LogP contribution in [0.2, 0.25) is 0 Å². The summed E-state index contributed by atoms with van der Waals surface area (Å²) >= 11 is 0. The van der Waals surface area contributed by atoms with Crippen molar-refractivity contribution in [3.05, 3.63) is 0 Å². The van der Waals surface area contributed by atoms with E-state index in [1.807, 2.05) is 16.7 Å². The zero-order chi connectivity index (χ0) is 14.1. The van der Waals surface area contributed by atoms with Gasteiger partial charge in [0.2, 0.25) is 17.8 Å². The smallest absolute Gasteiger partial charge is 0.323 e. The number of ether oxygens (including phenoxy) is 1. The first-order chi connectivity index (χ1) is 9.67. The summed E-state index contributed by atoms with van der Waals surface area (Å²) in [5.41, 5.74) is 5.69.